The summed E-state index contributed by atoms with van der Waals surface area (Å²) in [5.41, 5.74) is 0.139. The molecule has 0 rings (SSSR count). The highest BCUT2D eigenvalue weighted by molar-refractivity contribution is 5.92. The van der Waals surface area contributed by atoms with Crippen molar-refractivity contribution in [2.45, 2.75) is 52.4 Å². The molecule has 4 nitrogen and oxygen atoms in total. The van der Waals surface area contributed by atoms with E-state index in [4.69, 9.17) is 9.84 Å². The quantitative estimate of drug-likeness (QED) is 0.383. The summed E-state index contributed by atoms with van der Waals surface area (Å²) in [6, 6.07) is 0. The molecule has 0 fully saturated rings. The third-order valence-corrected chi connectivity index (χ3v) is 2.32. The van der Waals surface area contributed by atoms with Gasteiger partial charge in [0.05, 0.1) is 13.0 Å². The topological polar surface area (TPSA) is 63.6 Å². The number of carboxylic acids is 1. The zero-order valence-corrected chi connectivity index (χ0v) is 10.7. The van der Waals surface area contributed by atoms with Crippen molar-refractivity contribution >= 4 is 11.9 Å². The zero-order valence-electron chi connectivity index (χ0n) is 10.7. The van der Waals surface area contributed by atoms with Gasteiger partial charge in [-0.1, -0.05) is 39.2 Å². The smallest absolute Gasteiger partial charge is 0.331 e. The first kappa shape index (κ1) is 15.7. The van der Waals surface area contributed by atoms with Crippen LogP contribution in [0, 0.1) is 0 Å². The minimum Gasteiger partial charge on any atom is -0.478 e. The SMILES string of the molecule is CCCCC=C(CC(=O)OCCCC)C(=O)O. The van der Waals surface area contributed by atoms with Gasteiger partial charge in [-0.15, -0.1) is 0 Å². The van der Waals surface area contributed by atoms with Crippen molar-refractivity contribution in [1.29, 1.82) is 0 Å². The largest absolute Gasteiger partial charge is 0.478 e. The first-order valence-electron chi connectivity index (χ1n) is 6.19. The van der Waals surface area contributed by atoms with Gasteiger partial charge in [0.15, 0.2) is 0 Å². The number of allylic oxidation sites excluding steroid dienone is 1. The monoisotopic (exact) mass is 242 g/mol. The van der Waals surface area contributed by atoms with Gasteiger partial charge in [0.25, 0.3) is 0 Å². The van der Waals surface area contributed by atoms with Crippen molar-refractivity contribution in [2.24, 2.45) is 0 Å². The van der Waals surface area contributed by atoms with Gasteiger partial charge in [-0.25, -0.2) is 4.79 Å². The van der Waals surface area contributed by atoms with E-state index in [1.54, 1.807) is 6.08 Å². The number of esters is 1. The van der Waals surface area contributed by atoms with Gasteiger partial charge in [-0.05, 0) is 12.8 Å². The zero-order chi connectivity index (χ0) is 13.1. The first-order valence-corrected chi connectivity index (χ1v) is 6.19. The molecule has 17 heavy (non-hydrogen) atoms. The molecule has 1 N–H and O–H groups in total. The molecule has 0 unspecified atom stereocenters. The van der Waals surface area contributed by atoms with Crippen molar-refractivity contribution in [3.63, 3.8) is 0 Å². The van der Waals surface area contributed by atoms with Crippen LogP contribution < -0.4 is 0 Å². The molecule has 0 bridgehead atoms. The highest BCUT2D eigenvalue weighted by Gasteiger charge is 2.13. The fourth-order valence-corrected chi connectivity index (χ4v) is 1.25. The number of unbranched alkanes of at least 4 members (excludes halogenated alkanes) is 3. The van der Waals surface area contributed by atoms with Crippen molar-refractivity contribution < 1.29 is 19.4 Å². The normalized spacial score (nSPS) is 11.3. The second-order valence-electron chi connectivity index (χ2n) is 3.93. The van der Waals surface area contributed by atoms with Crippen LogP contribution in [0.5, 0.6) is 0 Å². The Kier molecular flexibility index (Phi) is 9.11. The molecule has 4 heteroatoms. The summed E-state index contributed by atoms with van der Waals surface area (Å²) in [4.78, 5) is 22.2. The number of carbonyl (C=O) groups excluding carboxylic acids is 1. The minimum absolute atomic E-state index is 0.136. The van der Waals surface area contributed by atoms with Crippen LogP contribution in [0.2, 0.25) is 0 Å². The van der Waals surface area contributed by atoms with E-state index in [-0.39, 0.29) is 12.0 Å². The summed E-state index contributed by atoms with van der Waals surface area (Å²) in [6.45, 7) is 4.41. The maximum absolute atomic E-state index is 11.3. The van der Waals surface area contributed by atoms with Gasteiger partial charge in [0.1, 0.15) is 0 Å². The van der Waals surface area contributed by atoms with Gasteiger partial charge >= 0.3 is 11.9 Å². The second-order valence-corrected chi connectivity index (χ2v) is 3.93. The minimum atomic E-state index is -1.03. The van der Waals surface area contributed by atoms with E-state index in [1.807, 2.05) is 13.8 Å². The molecule has 0 aromatic heterocycles. The van der Waals surface area contributed by atoms with Crippen molar-refractivity contribution in [2.75, 3.05) is 6.61 Å². The number of ether oxygens (including phenoxy) is 1. The number of hydrogen-bond donors (Lipinski definition) is 1. The fraction of sp³-hybridized carbons (Fsp3) is 0.692. The van der Waals surface area contributed by atoms with Crippen LogP contribution in [-0.4, -0.2) is 23.7 Å². The summed E-state index contributed by atoms with van der Waals surface area (Å²) in [6.07, 6.45) is 5.88. The Morgan fingerprint density at radius 2 is 1.82 bits per heavy atom. The maximum Gasteiger partial charge on any atom is 0.331 e. The molecule has 0 aromatic carbocycles. The summed E-state index contributed by atoms with van der Waals surface area (Å²) >= 11 is 0. The average molecular weight is 242 g/mol. The molecular formula is C13H22O4. The van der Waals surface area contributed by atoms with Crippen LogP contribution in [0.15, 0.2) is 11.6 Å². The molecule has 0 saturated carbocycles. The maximum atomic E-state index is 11.3. The van der Waals surface area contributed by atoms with E-state index in [2.05, 4.69) is 0 Å². The number of carboxylic acid groups (broad SMARTS) is 1. The molecule has 0 aliphatic carbocycles. The number of hydrogen-bond acceptors (Lipinski definition) is 3. The van der Waals surface area contributed by atoms with Crippen molar-refractivity contribution in [3.05, 3.63) is 11.6 Å². The Bertz CT molecular complexity index is 269. The summed E-state index contributed by atoms with van der Waals surface area (Å²) in [5.74, 6) is -1.49. The molecule has 0 amide bonds. The molecule has 0 heterocycles. The average Bonchev–Trinajstić information content (AvgIpc) is 2.28. The molecule has 0 atom stereocenters. The second kappa shape index (κ2) is 9.87. The number of rotatable bonds is 9. The Balaban J connectivity index is 4.11. The van der Waals surface area contributed by atoms with Crippen LogP contribution in [0.1, 0.15) is 52.4 Å². The fourth-order valence-electron chi connectivity index (χ4n) is 1.25. The Morgan fingerprint density at radius 1 is 1.18 bits per heavy atom. The lowest BCUT2D eigenvalue weighted by molar-refractivity contribution is -0.144. The molecule has 0 spiro atoms. The molecule has 0 aliphatic rings. The van der Waals surface area contributed by atoms with Crippen LogP contribution in [0.4, 0.5) is 0 Å². The Morgan fingerprint density at radius 3 is 2.35 bits per heavy atom. The molecule has 98 valence electrons. The lowest BCUT2D eigenvalue weighted by atomic mass is 10.1. The lowest BCUT2D eigenvalue weighted by Crippen LogP contribution is -2.11. The standard InChI is InChI=1S/C13H22O4/c1-3-5-7-8-11(13(15)16)10-12(14)17-9-6-4-2/h8H,3-7,9-10H2,1-2H3,(H,15,16). The highest BCUT2D eigenvalue weighted by atomic mass is 16.5. The van der Waals surface area contributed by atoms with Crippen molar-refractivity contribution in [3.8, 4) is 0 Å². The van der Waals surface area contributed by atoms with Crippen LogP contribution in [0.25, 0.3) is 0 Å². The summed E-state index contributed by atoms with van der Waals surface area (Å²) in [5, 5.41) is 8.92. The van der Waals surface area contributed by atoms with Crippen LogP contribution >= 0.6 is 0 Å². The number of aliphatic carboxylic acids is 1. The van der Waals surface area contributed by atoms with Gasteiger partial charge in [-0.3, -0.25) is 4.79 Å². The molecule has 0 saturated heterocycles. The summed E-state index contributed by atoms with van der Waals surface area (Å²) in [7, 11) is 0. The van der Waals surface area contributed by atoms with E-state index in [0.29, 0.717) is 13.0 Å². The van der Waals surface area contributed by atoms with E-state index in [1.165, 1.54) is 0 Å². The van der Waals surface area contributed by atoms with E-state index in [9.17, 15) is 9.59 Å². The highest BCUT2D eigenvalue weighted by Crippen LogP contribution is 2.08. The Hall–Kier alpha value is -1.32. The molecule has 0 aliphatic heterocycles. The van der Waals surface area contributed by atoms with Crippen LogP contribution in [0.3, 0.4) is 0 Å². The number of carbonyl (C=O) groups is 2. The Labute approximate surface area is 103 Å². The van der Waals surface area contributed by atoms with Gasteiger partial charge < -0.3 is 9.84 Å². The van der Waals surface area contributed by atoms with Gasteiger partial charge in [0.2, 0.25) is 0 Å². The third-order valence-electron chi connectivity index (χ3n) is 2.32. The molecule has 0 aromatic rings. The predicted molar refractivity (Wildman–Crippen MR) is 65.7 cm³/mol. The first-order chi connectivity index (χ1) is 8.11. The van der Waals surface area contributed by atoms with Crippen LogP contribution in [-0.2, 0) is 14.3 Å². The molecule has 0 radical (unpaired) electrons. The summed E-state index contributed by atoms with van der Waals surface area (Å²) < 4.78 is 4.93. The molecular weight excluding hydrogens is 220 g/mol. The van der Waals surface area contributed by atoms with Gasteiger partial charge in [0, 0.05) is 5.57 Å². The van der Waals surface area contributed by atoms with E-state index < -0.39 is 11.9 Å². The lowest BCUT2D eigenvalue weighted by Gasteiger charge is -2.04. The van der Waals surface area contributed by atoms with Crippen molar-refractivity contribution in [1.82, 2.24) is 0 Å². The van der Waals surface area contributed by atoms with E-state index >= 15 is 0 Å². The third kappa shape index (κ3) is 8.48. The van der Waals surface area contributed by atoms with E-state index in [0.717, 1.165) is 25.7 Å². The van der Waals surface area contributed by atoms with Gasteiger partial charge in [-0.2, -0.15) is 0 Å². The predicted octanol–water partition coefficient (Wildman–Crippen LogP) is 2.92.